The van der Waals surface area contributed by atoms with Crippen LogP contribution in [-0.4, -0.2) is 18.3 Å². The van der Waals surface area contributed by atoms with Gasteiger partial charge in [-0.05, 0) is 35.4 Å². The second kappa shape index (κ2) is 7.16. The molecule has 0 fully saturated rings. The molecule has 19 heavy (non-hydrogen) atoms. The Labute approximate surface area is 117 Å². The Kier molecular flexibility index (Phi) is 5.24. The summed E-state index contributed by atoms with van der Waals surface area (Å²) in [6.07, 6.45) is 0.856. The van der Waals surface area contributed by atoms with Crippen LogP contribution in [0.25, 0.3) is 0 Å². The number of aliphatic hydroxyl groups is 1. The quantitative estimate of drug-likeness (QED) is 0.845. The van der Waals surface area contributed by atoms with Gasteiger partial charge in [0, 0.05) is 12.0 Å². The molecule has 0 radical (unpaired) electrons. The van der Waals surface area contributed by atoms with Crippen molar-refractivity contribution in [2.75, 3.05) is 13.2 Å². The second-order valence-electron chi connectivity index (χ2n) is 4.07. The van der Waals surface area contributed by atoms with Gasteiger partial charge >= 0.3 is 0 Å². The van der Waals surface area contributed by atoms with Crippen LogP contribution >= 0.6 is 11.3 Å². The number of aliphatic hydroxyl groups excluding tert-OH is 1. The number of ether oxygens (including phenoxy) is 2. The molecule has 1 heterocycles. The first-order valence-electron chi connectivity index (χ1n) is 6.34. The number of rotatable bonds is 7. The Bertz CT molecular complexity index is 494. The Hall–Kier alpha value is -1.52. The summed E-state index contributed by atoms with van der Waals surface area (Å²) in [6.45, 7) is 3.04. The molecule has 3 nitrogen and oxygen atoms in total. The van der Waals surface area contributed by atoms with Gasteiger partial charge in [-0.25, -0.2) is 0 Å². The molecular weight excluding hydrogens is 260 g/mol. The van der Waals surface area contributed by atoms with Crippen LogP contribution in [0.1, 0.15) is 18.1 Å². The van der Waals surface area contributed by atoms with Crippen molar-refractivity contribution in [2.45, 2.75) is 20.0 Å². The van der Waals surface area contributed by atoms with E-state index in [2.05, 4.69) is 16.8 Å². The maximum absolute atomic E-state index is 9.36. The molecule has 0 unspecified atom stereocenters. The van der Waals surface area contributed by atoms with Crippen LogP contribution in [-0.2, 0) is 13.0 Å². The van der Waals surface area contributed by atoms with Crippen molar-refractivity contribution in [1.82, 2.24) is 0 Å². The Morgan fingerprint density at radius 1 is 1.21 bits per heavy atom. The molecule has 0 bridgehead atoms. The highest BCUT2D eigenvalue weighted by atomic mass is 32.1. The molecule has 0 spiro atoms. The fourth-order valence-corrected chi connectivity index (χ4v) is 2.53. The van der Waals surface area contributed by atoms with Crippen LogP contribution in [0.2, 0.25) is 0 Å². The molecule has 2 rings (SSSR count). The van der Waals surface area contributed by atoms with Gasteiger partial charge in [0.2, 0.25) is 0 Å². The molecule has 0 atom stereocenters. The topological polar surface area (TPSA) is 38.7 Å². The molecular formula is C15H18O3S. The molecule has 4 heteroatoms. The third-order valence-electron chi connectivity index (χ3n) is 2.75. The number of thiophene rings is 1. The normalized spacial score (nSPS) is 10.4. The lowest BCUT2D eigenvalue weighted by Gasteiger charge is -2.14. The Morgan fingerprint density at radius 3 is 2.79 bits per heavy atom. The maximum Gasteiger partial charge on any atom is 0.166 e. The van der Waals surface area contributed by atoms with Crippen LogP contribution in [0.15, 0.2) is 35.0 Å². The average Bonchev–Trinajstić information content (AvgIpc) is 2.93. The monoisotopic (exact) mass is 278 g/mol. The summed E-state index contributed by atoms with van der Waals surface area (Å²) in [5.74, 6) is 1.35. The van der Waals surface area contributed by atoms with E-state index in [1.165, 1.54) is 5.56 Å². The minimum Gasteiger partial charge on any atom is -0.490 e. The van der Waals surface area contributed by atoms with Gasteiger partial charge < -0.3 is 14.6 Å². The van der Waals surface area contributed by atoms with Gasteiger partial charge in [-0.15, -0.1) is 0 Å². The first kappa shape index (κ1) is 13.9. The molecule has 0 saturated carbocycles. The smallest absolute Gasteiger partial charge is 0.166 e. The van der Waals surface area contributed by atoms with E-state index in [4.69, 9.17) is 9.47 Å². The fraction of sp³-hybridized carbons (Fsp3) is 0.333. The lowest BCUT2D eigenvalue weighted by Crippen LogP contribution is -2.05. The van der Waals surface area contributed by atoms with Crippen molar-refractivity contribution in [3.8, 4) is 11.5 Å². The lowest BCUT2D eigenvalue weighted by molar-refractivity contribution is 0.250. The van der Waals surface area contributed by atoms with Gasteiger partial charge in [0.15, 0.2) is 11.5 Å². The summed E-state index contributed by atoms with van der Waals surface area (Å²) in [4.78, 5) is 0. The van der Waals surface area contributed by atoms with Gasteiger partial charge in [0.25, 0.3) is 0 Å². The zero-order chi connectivity index (χ0) is 13.5. The van der Waals surface area contributed by atoms with Gasteiger partial charge in [-0.1, -0.05) is 12.1 Å². The molecule has 1 N–H and O–H groups in total. The van der Waals surface area contributed by atoms with E-state index in [-0.39, 0.29) is 6.61 Å². The first-order chi connectivity index (χ1) is 9.35. The van der Waals surface area contributed by atoms with Crippen LogP contribution in [0.3, 0.4) is 0 Å². The summed E-state index contributed by atoms with van der Waals surface area (Å²) in [5, 5.41) is 13.5. The molecule has 102 valence electrons. The number of para-hydroxylation sites is 1. The summed E-state index contributed by atoms with van der Waals surface area (Å²) in [5.41, 5.74) is 2.03. The largest absolute Gasteiger partial charge is 0.490 e. The van der Waals surface area contributed by atoms with E-state index < -0.39 is 0 Å². The van der Waals surface area contributed by atoms with Crippen LogP contribution in [0.4, 0.5) is 0 Å². The number of benzene rings is 1. The van der Waals surface area contributed by atoms with E-state index in [0.717, 1.165) is 12.0 Å². The number of hydrogen-bond donors (Lipinski definition) is 1. The predicted octanol–water partition coefficient (Wildman–Crippen LogP) is 3.26. The highest BCUT2D eigenvalue weighted by Crippen LogP contribution is 2.31. The van der Waals surface area contributed by atoms with Crippen molar-refractivity contribution < 1.29 is 14.6 Å². The molecule has 0 amide bonds. The average molecular weight is 278 g/mol. The van der Waals surface area contributed by atoms with Crippen molar-refractivity contribution in [3.05, 3.63) is 46.2 Å². The van der Waals surface area contributed by atoms with Crippen LogP contribution in [0, 0.1) is 0 Å². The molecule has 2 aromatic rings. The van der Waals surface area contributed by atoms with Gasteiger partial charge in [-0.2, -0.15) is 11.3 Å². The third kappa shape index (κ3) is 3.72. The van der Waals surface area contributed by atoms with E-state index in [0.29, 0.717) is 24.7 Å². The highest BCUT2D eigenvalue weighted by molar-refractivity contribution is 7.07. The van der Waals surface area contributed by atoms with Crippen LogP contribution in [0.5, 0.6) is 11.5 Å². The van der Waals surface area contributed by atoms with Crippen molar-refractivity contribution in [1.29, 1.82) is 0 Å². The van der Waals surface area contributed by atoms with E-state index in [9.17, 15) is 5.11 Å². The fourth-order valence-electron chi connectivity index (χ4n) is 1.82. The molecule has 1 aromatic heterocycles. The Morgan fingerprint density at radius 2 is 2.11 bits per heavy atom. The zero-order valence-electron chi connectivity index (χ0n) is 11.0. The van der Waals surface area contributed by atoms with Gasteiger partial charge in [0.1, 0.15) is 0 Å². The minimum atomic E-state index is -0.0469. The van der Waals surface area contributed by atoms with E-state index in [1.54, 1.807) is 11.3 Å². The van der Waals surface area contributed by atoms with Crippen molar-refractivity contribution in [2.24, 2.45) is 0 Å². The highest BCUT2D eigenvalue weighted by Gasteiger charge is 2.10. The van der Waals surface area contributed by atoms with Gasteiger partial charge in [0.05, 0.1) is 19.8 Å². The summed E-state index contributed by atoms with van der Waals surface area (Å²) >= 11 is 1.68. The second-order valence-corrected chi connectivity index (χ2v) is 4.85. The van der Waals surface area contributed by atoms with Gasteiger partial charge in [-0.3, -0.25) is 0 Å². The minimum absolute atomic E-state index is 0.0469. The van der Waals surface area contributed by atoms with E-state index >= 15 is 0 Å². The summed E-state index contributed by atoms with van der Waals surface area (Å²) < 4.78 is 11.3. The molecule has 1 aromatic carbocycles. The first-order valence-corrected chi connectivity index (χ1v) is 7.28. The standard InChI is InChI=1S/C15H18O3S/c1-2-17-14-5-3-4-13(10-16)15(14)18-8-6-12-7-9-19-11-12/h3-5,7,9,11,16H,2,6,8,10H2,1H3. The summed E-state index contributed by atoms with van der Waals surface area (Å²) in [6, 6.07) is 7.67. The molecule has 0 aliphatic rings. The number of hydrogen-bond acceptors (Lipinski definition) is 4. The lowest BCUT2D eigenvalue weighted by atomic mass is 10.2. The molecule has 0 saturated heterocycles. The van der Waals surface area contributed by atoms with Crippen LogP contribution < -0.4 is 9.47 Å². The molecule has 0 aliphatic heterocycles. The maximum atomic E-state index is 9.36. The zero-order valence-corrected chi connectivity index (χ0v) is 11.8. The predicted molar refractivity (Wildman–Crippen MR) is 77.1 cm³/mol. The third-order valence-corrected chi connectivity index (χ3v) is 3.48. The van der Waals surface area contributed by atoms with Crippen molar-refractivity contribution >= 4 is 11.3 Å². The van der Waals surface area contributed by atoms with E-state index in [1.807, 2.05) is 25.1 Å². The summed E-state index contributed by atoms with van der Waals surface area (Å²) in [7, 11) is 0. The Balaban J connectivity index is 2.04. The SMILES string of the molecule is CCOc1cccc(CO)c1OCCc1ccsc1. The molecule has 0 aliphatic carbocycles. The van der Waals surface area contributed by atoms with Crippen molar-refractivity contribution in [3.63, 3.8) is 0 Å².